The predicted octanol–water partition coefficient (Wildman–Crippen LogP) is 1.61. The van der Waals surface area contributed by atoms with Crippen molar-refractivity contribution in [2.45, 2.75) is 26.6 Å². The van der Waals surface area contributed by atoms with E-state index in [4.69, 9.17) is 14.3 Å². The van der Waals surface area contributed by atoms with E-state index in [0.717, 1.165) is 0 Å². The summed E-state index contributed by atoms with van der Waals surface area (Å²) < 4.78 is 10.6. The first-order chi connectivity index (χ1) is 9.63. The lowest BCUT2D eigenvalue weighted by Gasteiger charge is -2.05. The van der Waals surface area contributed by atoms with E-state index in [1.807, 2.05) is 6.92 Å². The molecular weight excluding hydrogens is 266 g/mol. The minimum Gasteiger partial charge on any atom is -0.477 e. The van der Waals surface area contributed by atoms with Gasteiger partial charge < -0.3 is 14.3 Å². The second kappa shape index (κ2) is 6.11. The monoisotopic (exact) mass is 279 g/mol. The molecule has 0 aliphatic carbocycles. The van der Waals surface area contributed by atoms with Crippen molar-refractivity contribution in [1.29, 1.82) is 0 Å². The molecule has 0 aliphatic heterocycles. The summed E-state index contributed by atoms with van der Waals surface area (Å²) in [5.74, 6) is 0.769. The Bertz CT molecular complexity index is 611. The van der Waals surface area contributed by atoms with Gasteiger partial charge in [0.2, 0.25) is 5.89 Å². The van der Waals surface area contributed by atoms with Crippen LogP contribution < -0.4 is 4.74 Å². The van der Waals surface area contributed by atoms with Crippen molar-refractivity contribution in [3.05, 3.63) is 45.7 Å². The number of aromatic nitrogens is 2. The topological polar surface area (TPSA) is 112 Å². The lowest BCUT2D eigenvalue weighted by molar-refractivity contribution is -0.386. The van der Waals surface area contributed by atoms with E-state index in [0.29, 0.717) is 17.9 Å². The van der Waals surface area contributed by atoms with Crippen LogP contribution in [0.3, 0.4) is 0 Å². The summed E-state index contributed by atoms with van der Waals surface area (Å²) in [5.41, 5.74) is 0.336. The SMILES string of the molecule is CCc1nnc(COc2cc(CO)ccc2[N+](=O)[O-])o1. The number of rotatable bonds is 6. The Morgan fingerprint density at radius 1 is 1.40 bits per heavy atom. The molecule has 8 heteroatoms. The van der Waals surface area contributed by atoms with Gasteiger partial charge in [0.15, 0.2) is 12.4 Å². The molecule has 1 N–H and O–H groups in total. The molecule has 0 amide bonds. The van der Waals surface area contributed by atoms with Crippen molar-refractivity contribution in [3.63, 3.8) is 0 Å². The number of ether oxygens (including phenoxy) is 1. The van der Waals surface area contributed by atoms with E-state index in [9.17, 15) is 10.1 Å². The van der Waals surface area contributed by atoms with Gasteiger partial charge in [-0.1, -0.05) is 6.92 Å². The summed E-state index contributed by atoms with van der Waals surface area (Å²) in [6, 6.07) is 4.16. The Morgan fingerprint density at radius 3 is 2.75 bits per heavy atom. The van der Waals surface area contributed by atoms with Crippen molar-refractivity contribution in [2.75, 3.05) is 0 Å². The van der Waals surface area contributed by atoms with Crippen molar-refractivity contribution in [1.82, 2.24) is 10.2 Å². The van der Waals surface area contributed by atoms with Crippen LogP contribution in [0.25, 0.3) is 0 Å². The average molecular weight is 279 g/mol. The fourth-order valence-corrected chi connectivity index (χ4v) is 1.55. The number of nitrogens with zero attached hydrogens (tertiary/aromatic N) is 3. The van der Waals surface area contributed by atoms with Crippen LogP contribution in [-0.4, -0.2) is 20.2 Å². The number of aliphatic hydroxyl groups is 1. The van der Waals surface area contributed by atoms with Crippen LogP contribution in [0.1, 0.15) is 24.3 Å². The molecule has 20 heavy (non-hydrogen) atoms. The van der Waals surface area contributed by atoms with Gasteiger partial charge in [0.1, 0.15) is 0 Å². The minimum atomic E-state index is -0.554. The summed E-state index contributed by atoms with van der Waals surface area (Å²) in [6.07, 6.45) is 0.604. The molecule has 1 heterocycles. The number of nitro benzene ring substituents is 1. The Kier molecular flexibility index (Phi) is 4.26. The van der Waals surface area contributed by atoms with Crippen LogP contribution in [0, 0.1) is 10.1 Å². The number of benzene rings is 1. The van der Waals surface area contributed by atoms with Crippen LogP contribution in [0.4, 0.5) is 5.69 Å². The maximum Gasteiger partial charge on any atom is 0.310 e. The fourth-order valence-electron chi connectivity index (χ4n) is 1.55. The van der Waals surface area contributed by atoms with Gasteiger partial charge in [-0.2, -0.15) is 0 Å². The lowest BCUT2D eigenvalue weighted by Crippen LogP contribution is -2.00. The van der Waals surface area contributed by atoms with Crippen LogP contribution in [0.5, 0.6) is 5.75 Å². The zero-order valence-corrected chi connectivity index (χ0v) is 10.8. The quantitative estimate of drug-likeness (QED) is 0.631. The highest BCUT2D eigenvalue weighted by Crippen LogP contribution is 2.28. The van der Waals surface area contributed by atoms with Gasteiger partial charge in [0, 0.05) is 12.5 Å². The highest BCUT2D eigenvalue weighted by atomic mass is 16.6. The number of aliphatic hydroxyl groups excluding tert-OH is 1. The van der Waals surface area contributed by atoms with Crippen LogP contribution in [0.15, 0.2) is 22.6 Å². The van der Waals surface area contributed by atoms with Crippen molar-refractivity contribution in [3.8, 4) is 5.75 Å². The third-order valence-corrected chi connectivity index (χ3v) is 2.57. The van der Waals surface area contributed by atoms with Crippen molar-refractivity contribution < 1.29 is 19.2 Å². The molecule has 1 aromatic carbocycles. The first-order valence-corrected chi connectivity index (χ1v) is 5.96. The van der Waals surface area contributed by atoms with E-state index in [1.165, 1.54) is 18.2 Å². The van der Waals surface area contributed by atoms with Gasteiger partial charge in [-0.3, -0.25) is 10.1 Å². The normalized spacial score (nSPS) is 10.5. The average Bonchev–Trinajstić information content (AvgIpc) is 2.92. The number of hydrogen-bond acceptors (Lipinski definition) is 7. The highest BCUT2D eigenvalue weighted by molar-refractivity contribution is 5.48. The van der Waals surface area contributed by atoms with Gasteiger partial charge in [0.25, 0.3) is 5.89 Å². The molecule has 0 unspecified atom stereocenters. The van der Waals surface area contributed by atoms with Gasteiger partial charge in [-0.15, -0.1) is 10.2 Å². The third kappa shape index (κ3) is 3.09. The largest absolute Gasteiger partial charge is 0.477 e. The molecule has 0 atom stereocenters. The zero-order valence-electron chi connectivity index (χ0n) is 10.8. The van der Waals surface area contributed by atoms with Gasteiger partial charge in [0.05, 0.1) is 11.5 Å². The van der Waals surface area contributed by atoms with Crippen LogP contribution in [-0.2, 0) is 19.6 Å². The Hall–Kier alpha value is -2.48. The number of aryl methyl sites for hydroxylation is 1. The second-order valence-electron chi connectivity index (χ2n) is 3.95. The lowest BCUT2D eigenvalue weighted by atomic mass is 10.2. The molecule has 0 saturated carbocycles. The van der Waals surface area contributed by atoms with Crippen molar-refractivity contribution in [2.24, 2.45) is 0 Å². The minimum absolute atomic E-state index is 0.0535. The Morgan fingerprint density at radius 2 is 2.15 bits per heavy atom. The standard InChI is InChI=1S/C12H13N3O5/c1-2-11-13-14-12(20-11)7-19-10-5-8(6-16)3-4-9(10)15(17)18/h3-5,16H,2,6-7H2,1H3. The van der Waals surface area contributed by atoms with Crippen LogP contribution >= 0.6 is 0 Å². The van der Waals surface area contributed by atoms with Crippen molar-refractivity contribution >= 4 is 5.69 Å². The van der Waals surface area contributed by atoms with Gasteiger partial charge >= 0.3 is 5.69 Å². The molecule has 0 aliphatic rings. The first kappa shape index (κ1) is 13.9. The summed E-state index contributed by atoms with van der Waals surface area (Å²) >= 11 is 0. The van der Waals surface area contributed by atoms with E-state index in [1.54, 1.807) is 0 Å². The Balaban J connectivity index is 2.16. The van der Waals surface area contributed by atoms with Gasteiger partial charge in [-0.25, -0.2) is 0 Å². The second-order valence-corrected chi connectivity index (χ2v) is 3.95. The summed E-state index contributed by atoms with van der Waals surface area (Å²) in [5, 5.41) is 27.5. The maximum absolute atomic E-state index is 10.9. The molecular formula is C12H13N3O5. The van der Waals surface area contributed by atoms with E-state index in [2.05, 4.69) is 10.2 Å². The maximum atomic E-state index is 10.9. The molecule has 0 fully saturated rings. The van der Waals surface area contributed by atoms with Gasteiger partial charge in [-0.05, 0) is 17.7 Å². The summed E-state index contributed by atoms with van der Waals surface area (Å²) in [6.45, 7) is 1.57. The molecule has 8 nitrogen and oxygen atoms in total. The molecule has 1 aromatic heterocycles. The molecule has 0 spiro atoms. The Labute approximate surface area is 114 Å². The first-order valence-electron chi connectivity index (χ1n) is 5.96. The molecule has 2 aromatic rings. The van der Waals surface area contributed by atoms with E-state index >= 15 is 0 Å². The predicted molar refractivity (Wildman–Crippen MR) is 67.0 cm³/mol. The van der Waals surface area contributed by atoms with Crippen LogP contribution in [0.2, 0.25) is 0 Å². The zero-order chi connectivity index (χ0) is 14.5. The summed E-state index contributed by atoms with van der Waals surface area (Å²) in [7, 11) is 0. The molecule has 0 radical (unpaired) electrons. The van der Waals surface area contributed by atoms with E-state index in [-0.39, 0.29) is 30.5 Å². The summed E-state index contributed by atoms with van der Waals surface area (Å²) in [4.78, 5) is 10.3. The highest BCUT2D eigenvalue weighted by Gasteiger charge is 2.16. The third-order valence-electron chi connectivity index (χ3n) is 2.57. The molecule has 0 bridgehead atoms. The molecule has 0 saturated heterocycles. The number of nitro groups is 1. The smallest absolute Gasteiger partial charge is 0.310 e. The fraction of sp³-hybridized carbons (Fsp3) is 0.333. The number of hydrogen-bond donors (Lipinski definition) is 1. The molecule has 2 rings (SSSR count). The molecule has 106 valence electrons. The van der Waals surface area contributed by atoms with E-state index < -0.39 is 4.92 Å².